The van der Waals surface area contributed by atoms with Gasteiger partial charge in [-0.1, -0.05) is 0 Å². The van der Waals surface area contributed by atoms with Crippen LogP contribution in [0.4, 0.5) is 0 Å². The molecule has 0 aromatic carbocycles. The molecule has 4 atom stereocenters. The first kappa shape index (κ1) is 30.9. The maximum atomic E-state index is 12.7. The molecule has 0 bridgehead atoms. The monoisotopic (exact) mass is 504 g/mol. The number of hydrogen-bond acceptors (Lipinski definition) is 8. The molecular formula is C19H36N8O6S. The zero-order valence-electron chi connectivity index (χ0n) is 19.4. The number of nitrogens with zero attached hydrogens (tertiary/aromatic N) is 1. The summed E-state index contributed by atoms with van der Waals surface area (Å²) in [5.74, 6) is -3.41. The van der Waals surface area contributed by atoms with Crippen molar-refractivity contribution in [2.45, 2.75) is 63.2 Å². The first-order valence-electron chi connectivity index (χ1n) is 10.6. The molecule has 194 valence electrons. The van der Waals surface area contributed by atoms with E-state index >= 15 is 0 Å². The summed E-state index contributed by atoms with van der Waals surface area (Å²) in [7, 11) is 0. The fourth-order valence-corrected chi connectivity index (χ4v) is 3.12. The SMILES string of the molecule is CSCCC(NC(=O)C(N)CCC(N)=O)C(=O)NC(C)C(=O)NC(CCCN=C(N)N)C(=O)O. The predicted molar refractivity (Wildman–Crippen MR) is 128 cm³/mol. The third-order valence-electron chi connectivity index (χ3n) is 4.59. The molecule has 0 aromatic heterocycles. The van der Waals surface area contributed by atoms with Crippen LogP contribution in [0.5, 0.6) is 0 Å². The van der Waals surface area contributed by atoms with Crippen molar-refractivity contribution in [3.05, 3.63) is 0 Å². The lowest BCUT2D eigenvalue weighted by Gasteiger charge is -2.23. The van der Waals surface area contributed by atoms with Crippen molar-refractivity contribution in [3.8, 4) is 0 Å². The maximum Gasteiger partial charge on any atom is 0.326 e. The number of nitrogens with two attached hydrogens (primary N) is 4. The molecule has 0 spiro atoms. The number of guanidine groups is 1. The van der Waals surface area contributed by atoms with Crippen LogP contribution < -0.4 is 38.9 Å². The number of aliphatic imine (C=N–C) groups is 1. The van der Waals surface area contributed by atoms with Gasteiger partial charge in [-0.2, -0.15) is 11.8 Å². The van der Waals surface area contributed by atoms with Gasteiger partial charge in [-0.25, -0.2) is 4.79 Å². The Morgan fingerprint density at radius 2 is 1.53 bits per heavy atom. The number of thioether (sulfide) groups is 1. The summed E-state index contributed by atoms with van der Waals surface area (Å²) >= 11 is 1.45. The number of primary amides is 1. The molecule has 0 radical (unpaired) electrons. The number of nitrogens with one attached hydrogen (secondary N) is 3. The van der Waals surface area contributed by atoms with Crippen molar-refractivity contribution in [1.29, 1.82) is 0 Å². The topological polar surface area (TPSA) is 258 Å². The Hall–Kier alpha value is -3.07. The normalized spacial score (nSPS) is 14.1. The minimum absolute atomic E-state index is 0.0244. The minimum atomic E-state index is -1.24. The molecule has 0 saturated heterocycles. The van der Waals surface area contributed by atoms with Gasteiger partial charge < -0.3 is 44.0 Å². The summed E-state index contributed by atoms with van der Waals surface area (Å²) in [6.07, 6.45) is 2.42. The van der Waals surface area contributed by atoms with Crippen molar-refractivity contribution >= 4 is 47.3 Å². The first-order chi connectivity index (χ1) is 15.9. The molecule has 0 heterocycles. The number of carbonyl (C=O) groups is 5. The Morgan fingerprint density at radius 3 is 2.06 bits per heavy atom. The first-order valence-corrected chi connectivity index (χ1v) is 12.0. The van der Waals surface area contributed by atoms with Gasteiger partial charge in [0.15, 0.2) is 5.96 Å². The molecule has 0 saturated carbocycles. The predicted octanol–water partition coefficient (Wildman–Crippen LogP) is -3.06. The van der Waals surface area contributed by atoms with Crippen LogP contribution in [0.15, 0.2) is 4.99 Å². The van der Waals surface area contributed by atoms with Crippen LogP contribution in [0.3, 0.4) is 0 Å². The van der Waals surface area contributed by atoms with E-state index in [-0.39, 0.29) is 38.2 Å². The Morgan fingerprint density at radius 1 is 0.912 bits per heavy atom. The number of carboxylic acid groups (broad SMARTS) is 1. The lowest BCUT2D eigenvalue weighted by atomic mass is 10.1. The molecule has 0 aliphatic carbocycles. The molecule has 0 aromatic rings. The molecule has 4 unspecified atom stereocenters. The van der Waals surface area contributed by atoms with Gasteiger partial charge in [0.05, 0.1) is 6.04 Å². The summed E-state index contributed by atoms with van der Waals surface area (Å²) in [4.78, 5) is 63.5. The van der Waals surface area contributed by atoms with Gasteiger partial charge in [0.2, 0.25) is 23.6 Å². The molecule has 34 heavy (non-hydrogen) atoms. The van der Waals surface area contributed by atoms with E-state index in [2.05, 4.69) is 20.9 Å². The van der Waals surface area contributed by atoms with E-state index in [0.717, 1.165) is 0 Å². The van der Waals surface area contributed by atoms with Gasteiger partial charge in [0.25, 0.3) is 0 Å². The van der Waals surface area contributed by atoms with Gasteiger partial charge in [-0.05, 0) is 44.6 Å². The second-order valence-electron chi connectivity index (χ2n) is 7.53. The fourth-order valence-electron chi connectivity index (χ4n) is 2.65. The van der Waals surface area contributed by atoms with Gasteiger partial charge in [0, 0.05) is 13.0 Å². The quantitative estimate of drug-likeness (QED) is 0.0563. The van der Waals surface area contributed by atoms with E-state index in [0.29, 0.717) is 12.2 Å². The lowest BCUT2D eigenvalue weighted by Crippen LogP contribution is -2.56. The van der Waals surface area contributed by atoms with Crippen LogP contribution >= 0.6 is 11.8 Å². The highest BCUT2D eigenvalue weighted by Gasteiger charge is 2.28. The molecule has 0 fully saturated rings. The average molecular weight is 505 g/mol. The van der Waals surface area contributed by atoms with Crippen LogP contribution in [0.25, 0.3) is 0 Å². The summed E-state index contributed by atoms with van der Waals surface area (Å²) < 4.78 is 0. The van der Waals surface area contributed by atoms with E-state index < -0.39 is 53.8 Å². The summed E-state index contributed by atoms with van der Waals surface area (Å²) in [5.41, 5.74) is 21.2. The zero-order chi connectivity index (χ0) is 26.3. The average Bonchev–Trinajstić information content (AvgIpc) is 2.75. The van der Waals surface area contributed by atoms with Crippen molar-refractivity contribution in [3.63, 3.8) is 0 Å². The Kier molecular flexibility index (Phi) is 15.0. The highest BCUT2D eigenvalue weighted by molar-refractivity contribution is 7.98. The zero-order valence-corrected chi connectivity index (χ0v) is 20.2. The fraction of sp³-hybridized carbons (Fsp3) is 0.684. The van der Waals surface area contributed by atoms with Crippen LogP contribution in [0.1, 0.15) is 39.0 Å². The summed E-state index contributed by atoms with van der Waals surface area (Å²) in [5, 5.41) is 16.7. The van der Waals surface area contributed by atoms with Crippen molar-refractivity contribution in [1.82, 2.24) is 16.0 Å². The third kappa shape index (κ3) is 13.5. The summed E-state index contributed by atoms with van der Waals surface area (Å²) in [6.45, 7) is 1.59. The van der Waals surface area contributed by atoms with E-state index in [1.807, 2.05) is 6.26 Å². The Balaban J connectivity index is 4.98. The van der Waals surface area contributed by atoms with Crippen molar-refractivity contribution in [2.75, 3.05) is 18.6 Å². The standard InChI is InChI=1S/C19H36N8O6S/c1-10(15(29)27-13(18(32)33)4-3-8-24-19(22)23)25-17(31)12(7-9-34-2)26-16(30)11(20)5-6-14(21)28/h10-13H,3-9,20H2,1-2H3,(H2,21,28)(H,25,31)(H,26,30)(H,27,29)(H,32,33)(H4,22,23,24). The molecule has 14 nitrogen and oxygen atoms in total. The number of carbonyl (C=O) groups excluding carboxylic acids is 4. The molecule has 12 N–H and O–H groups in total. The minimum Gasteiger partial charge on any atom is -0.480 e. The number of hydrogen-bond donors (Lipinski definition) is 8. The molecular weight excluding hydrogens is 468 g/mol. The smallest absolute Gasteiger partial charge is 0.326 e. The van der Waals surface area contributed by atoms with E-state index in [9.17, 15) is 29.1 Å². The van der Waals surface area contributed by atoms with Crippen molar-refractivity contribution < 1.29 is 29.1 Å². The number of rotatable bonds is 17. The molecule has 0 aliphatic rings. The van der Waals surface area contributed by atoms with E-state index in [1.165, 1.54) is 18.7 Å². The molecule has 0 aliphatic heterocycles. The third-order valence-corrected chi connectivity index (χ3v) is 5.24. The number of carboxylic acids is 1. The highest BCUT2D eigenvalue weighted by atomic mass is 32.2. The largest absolute Gasteiger partial charge is 0.480 e. The number of aliphatic carboxylic acids is 1. The molecule has 0 rings (SSSR count). The highest BCUT2D eigenvalue weighted by Crippen LogP contribution is 2.04. The van der Waals surface area contributed by atoms with Crippen LogP contribution in [-0.2, 0) is 24.0 Å². The number of amides is 4. The van der Waals surface area contributed by atoms with Gasteiger partial charge in [-0.3, -0.25) is 24.2 Å². The Labute approximate surface area is 202 Å². The van der Waals surface area contributed by atoms with Crippen molar-refractivity contribution in [2.24, 2.45) is 27.9 Å². The van der Waals surface area contributed by atoms with Crippen LogP contribution in [0.2, 0.25) is 0 Å². The molecule has 4 amide bonds. The maximum absolute atomic E-state index is 12.7. The Bertz CT molecular complexity index is 746. The van der Waals surface area contributed by atoms with Crippen LogP contribution in [0, 0.1) is 0 Å². The van der Waals surface area contributed by atoms with Gasteiger partial charge >= 0.3 is 5.97 Å². The lowest BCUT2D eigenvalue weighted by molar-refractivity contribution is -0.142. The second kappa shape index (κ2) is 16.5. The van der Waals surface area contributed by atoms with Gasteiger partial charge in [0.1, 0.15) is 18.1 Å². The van der Waals surface area contributed by atoms with E-state index in [4.69, 9.17) is 22.9 Å². The second-order valence-corrected chi connectivity index (χ2v) is 8.52. The van der Waals surface area contributed by atoms with Crippen LogP contribution in [-0.4, -0.2) is 83.4 Å². The van der Waals surface area contributed by atoms with E-state index in [1.54, 1.807) is 0 Å². The summed E-state index contributed by atoms with van der Waals surface area (Å²) in [6, 6.07) is -4.29. The van der Waals surface area contributed by atoms with Gasteiger partial charge in [-0.15, -0.1) is 0 Å². The molecule has 15 heteroatoms.